The van der Waals surface area contributed by atoms with E-state index in [1.807, 2.05) is 30.3 Å². The number of nitrogens with zero attached hydrogens (tertiary/aromatic N) is 1. The molecule has 1 unspecified atom stereocenters. The average molecular weight is 335 g/mol. The van der Waals surface area contributed by atoms with Crippen molar-refractivity contribution < 1.29 is 14.7 Å². The Bertz CT molecular complexity index is 735. The lowest BCUT2D eigenvalue weighted by Crippen LogP contribution is -2.25. The van der Waals surface area contributed by atoms with Crippen LogP contribution in [0.5, 0.6) is 5.75 Å². The van der Waals surface area contributed by atoms with Crippen molar-refractivity contribution in [1.29, 1.82) is 0 Å². The van der Waals surface area contributed by atoms with E-state index in [-0.39, 0.29) is 0 Å². The summed E-state index contributed by atoms with van der Waals surface area (Å²) in [7, 11) is 0. The van der Waals surface area contributed by atoms with Crippen LogP contribution in [-0.4, -0.2) is 16.7 Å². The third-order valence-corrected chi connectivity index (χ3v) is 3.68. The van der Waals surface area contributed by atoms with E-state index in [1.165, 1.54) is 0 Å². The zero-order chi connectivity index (χ0) is 18.1. The Labute approximate surface area is 147 Å². The molecule has 128 valence electrons. The highest BCUT2D eigenvalue weighted by Crippen LogP contribution is 2.29. The molecule has 1 amide bonds. The number of carbonyl (C=O) groups excluding carboxylic acids is 1. The fraction of sp³-hybridized carbons (Fsp3) is 0.0952. The van der Waals surface area contributed by atoms with Crippen molar-refractivity contribution in [2.24, 2.45) is 0 Å². The van der Waals surface area contributed by atoms with Gasteiger partial charge in [0.05, 0.1) is 0 Å². The summed E-state index contributed by atoms with van der Waals surface area (Å²) in [4.78, 5) is 11.0. The predicted molar refractivity (Wildman–Crippen MR) is 98.1 cm³/mol. The summed E-state index contributed by atoms with van der Waals surface area (Å²) in [5, 5.41) is 10.5. The Morgan fingerprint density at radius 3 is 2.36 bits per heavy atom. The van der Waals surface area contributed by atoms with Crippen molar-refractivity contribution in [2.45, 2.75) is 12.6 Å². The Hall–Kier alpha value is -3.11. The van der Waals surface area contributed by atoms with Gasteiger partial charge in [-0.3, -0.25) is 10.0 Å². The largest absolute Gasteiger partial charge is 0.489 e. The number of rotatable bonds is 9. The second-order valence-corrected chi connectivity index (χ2v) is 5.34. The highest BCUT2D eigenvalue weighted by Gasteiger charge is 2.20. The summed E-state index contributed by atoms with van der Waals surface area (Å²) in [6, 6.07) is 16.4. The Morgan fingerprint density at radius 2 is 1.80 bits per heavy atom. The van der Waals surface area contributed by atoms with E-state index in [9.17, 15) is 10.0 Å². The van der Waals surface area contributed by atoms with Crippen molar-refractivity contribution >= 4 is 6.41 Å². The van der Waals surface area contributed by atoms with Gasteiger partial charge < -0.3 is 4.74 Å². The van der Waals surface area contributed by atoms with E-state index < -0.39 is 6.04 Å². The van der Waals surface area contributed by atoms with Crippen LogP contribution in [0, 0.1) is 0 Å². The number of ether oxygens (including phenoxy) is 1. The summed E-state index contributed by atoms with van der Waals surface area (Å²) in [6.45, 7) is 7.84. The fourth-order valence-corrected chi connectivity index (χ4v) is 2.45. The molecule has 2 rings (SSSR count). The highest BCUT2D eigenvalue weighted by molar-refractivity contribution is 5.50. The van der Waals surface area contributed by atoms with Gasteiger partial charge in [0.25, 0.3) is 0 Å². The average Bonchev–Trinajstić information content (AvgIpc) is 2.67. The number of amides is 1. The first-order valence-corrected chi connectivity index (χ1v) is 7.84. The second kappa shape index (κ2) is 9.25. The van der Waals surface area contributed by atoms with Crippen LogP contribution in [0.25, 0.3) is 0 Å². The topological polar surface area (TPSA) is 49.8 Å². The number of hydroxylamine groups is 2. The summed E-state index contributed by atoms with van der Waals surface area (Å²) in [5.74, 6) is 0.704. The van der Waals surface area contributed by atoms with Crippen LogP contribution in [0.1, 0.15) is 17.2 Å². The summed E-state index contributed by atoms with van der Waals surface area (Å²) >= 11 is 0. The molecule has 25 heavy (non-hydrogen) atoms. The summed E-state index contributed by atoms with van der Waals surface area (Å²) < 4.78 is 5.75. The van der Waals surface area contributed by atoms with Crippen LogP contribution in [0.2, 0.25) is 0 Å². The summed E-state index contributed by atoms with van der Waals surface area (Å²) in [6.07, 6.45) is 5.23. The molecule has 2 aromatic rings. The SMILES string of the molecule is C=C/C=C(\C=C)C(c1ccc(OCc2ccccc2)cc1)N(O)C=O. The van der Waals surface area contributed by atoms with Crippen LogP contribution in [0.3, 0.4) is 0 Å². The van der Waals surface area contributed by atoms with Crippen LogP contribution in [0.15, 0.2) is 91.6 Å². The standard InChI is InChI=1S/C21H21NO3/c1-3-8-18(4-2)21(22(24)16-23)19-11-13-20(14-12-19)25-15-17-9-6-5-7-10-17/h3-14,16,21,24H,1-2,15H2/b18-8+. The van der Waals surface area contributed by atoms with Gasteiger partial charge in [0.1, 0.15) is 18.4 Å². The van der Waals surface area contributed by atoms with Gasteiger partial charge in [-0.15, -0.1) is 0 Å². The number of allylic oxidation sites excluding steroid dienone is 2. The predicted octanol–water partition coefficient (Wildman–Crippen LogP) is 4.45. The highest BCUT2D eigenvalue weighted by atomic mass is 16.5. The minimum absolute atomic E-state index is 0.366. The van der Waals surface area contributed by atoms with Crippen molar-refractivity contribution in [2.75, 3.05) is 0 Å². The molecule has 2 aromatic carbocycles. The molecule has 0 radical (unpaired) electrons. The Balaban J connectivity index is 2.17. The molecule has 0 heterocycles. The van der Waals surface area contributed by atoms with E-state index in [0.29, 0.717) is 29.4 Å². The monoisotopic (exact) mass is 335 g/mol. The van der Waals surface area contributed by atoms with Gasteiger partial charge in [0, 0.05) is 0 Å². The lowest BCUT2D eigenvalue weighted by atomic mass is 9.98. The van der Waals surface area contributed by atoms with E-state index in [4.69, 9.17) is 4.74 Å². The molecule has 0 fully saturated rings. The third-order valence-electron chi connectivity index (χ3n) is 3.68. The normalized spacial score (nSPS) is 12.1. The Morgan fingerprint density at radius 1 is 1.12 bits per heavy atom. The number of hydrogen-bond donors (Lipinski definition) is 1. The molecule has 0 aromatic heterocycles. The Kier molecular flexibility index (Phi) is 6.75. The van der Waals surface area contributed by atoms with Crippen LogP contribution in [-0.2, 0) is 11.4 Å². The van der Waals surface area contributed by atoms with Crippen molar-refractivity contribution in [1.82, 2.24) is 5.06 Å². The zero-order valence-electron chi connectivity index (χ0n) is 13.9. The minimum Gasteiger partial charge on any atom is -0.489 e. The molecule has 0 aliphatic carbocycles. The maximum Gasteiger partial charge on any atom is 0.234 e. The first kappa shape index (κ1) is 18.2. The van der Waals surface area contributed by atoms with Gasteiger partial charge >= 0.3 is 0 Å². The lowest BCUT2D eigenvalue weighted by Gasteiger charge is -2.24. The van der Waals surface area contributed by atoms with Gasteiger partial charge in [-0.1, -0.05) is 73.9 Å². The maximum absolute atomic E-state index is 11.0. The maximum atomic E-state index is 11.0. The smallest absolute Gasteiger partial charge is 0.234 e. The number of carbonyl (C=O) groups is 1. The van der Waals surface area contributed by atoms with E-state index in [1.54, 1.807) is 42.5 Å². The fourth-order valence-electron chi connectivity index (χ4n) is 2.45. The number of benzene rings is 2. The van der Waals surface area contributed by atoms with Gasteiger partial charge in [-0.05, 0) is 28.8 Å². The molecule has 1 N–H and O–H groups in total. The van der Waals surface area contributed by atoms with E-state index in [2.05, 4.69) is 13.2 Å². The quantitative estimate of drug-likeness (QED) is 0.319. The zero-order valence-corrected chi connectivity index (χ0v) is 13.9. The molecule has 0 saturated carbocycles. The van der Waals surface area contributed by atoms with Gasteiger partial charge in [-0.25, -0.2) is 5.06 Å². The molecule has 4 nitrogen and oxygen atoms in total. The molecule has 0 spiro atoms. The lowest BCUT2D eigenvalue weighted by molar-refractivity contribution is -0.157. The molecule has 0 aliphatic heterocycles. The first-order valence-electron chi connectivity index (χ1n) is 7.84. The molecule has 0 aliphatic rings. The molecule has 0 bridgehead atoms. The molecular weight excluding hydrogens is 314 g/mol. The van der Waals surface area contributed by atoms with Gasteiger partial charge in [0.15, 0.2) is 0 Å². The van der Waals surface area contributed by atoms with E-state index >= 15 is 0 Å². The summed E-state index contributed by atoms with van der Waals surface area (Å²) in [5.41, 5.74) is 2.46. The van der Waals surface area contributed by atoms with Crippen molar-refractivity contribution in [3.63, 3.8) is 0 Å². The molecule has 4 heteroatoms. The van der Waals surface area contributed by atoms with Crippen molar-refractivity contribution in [3.05, 3.63) is 103 Å². The minimum atomic E-state index is -0.656. The van der Waals surface area contributed by atoms with Crippen LogP contribution < -0.4 is 4.74 Å². The molecule has 0 saturated heterocycles. The second-order valence-electron chi connectivity index (χ2n) is 5.34. The molecule has 1 atom stereocenters. The van der Waals surface area contributed by atoms with Crippen LogP contribution >= 0.6 is 0 Å². The van der Waals surface area contributed by atoms with E-state index in [0.717, 1.165) is 11.1 Å². The molecular formula is C21H21NO3. The van der Waals surface area contributed by atoms with Crippen molar-refractivity contribution in [3.8, 4) is 5.75 Å². The van der Waals surface area contributed by atoms with Gasteiger partial charge in [-0.2, -0.15) is 0 Å². The first-order chi connectivity index (χ1) is 12.2. The third kappa shape index (κ3) is 4.93. The number of hydrogen-bond acceptors (Lipinski definition) is 3. The van der Waals surface area contributed by atoms with Gasteiger partial charge in [0.2, 0.25) is 6.41 Å². The van der Waals surface area contributed by atoms with Crippen LogP contribution in [0.4, 0.5) is 0 Å².